The van der Waals surface area contributed by atoms with Gasteiger partial charge in [-0.05, 0) is 70.3 Å². The smallest absolute Gasteiger partial charge is 0.0715 e. The molecule has 0 fully saturated rings. The van der Waals surface area contributed by atoms with E-state index >= 15 is 0 Å². The summed E-state index contributed by atoms with van der Waals surface area (Å²) in [7, 11) is 8.29. The largest absolute Gasteiger partial charge is 0.378 e. The van der Waals surface area contributed by atoms with Gasteiger partial charge in [0.2, 0.25) is 0 Å². The normalized spacial score (nSPS) is 13.1. The average molecular weight is 506 g/mol. The summed E-state index contributed by atoms with van der Waals surface area (Å²) in [6.45, 7) is 0. The van der Waals surface area contributed by atoms with Gasteiger partial charge in [0.25, 0.3) is 0 Å². The van der Waals surface area contributed by atoms with Crippen molar-refractivity contribution in [2.75, 3.05) is 38.0 Å². The topological polar surface area (TPSA) is 18.8 Å². The van der Waals surface area contributed by atoms with Gasteiger partial charge >= 0.3 is 0 Å². The first-order chi connectivity index (χ1) is 17.5. The molecule has 3 nitrogen and oxygen atoms in total. The Labute approximate surface area is 226 Å². The Morgan fingerprint density at radius 1 is 0.541 bits per heavy atom. The van der Waals surface area contributed by atoms with Crippen LogP contribution in [0.25, 0.3) is 11.1 Å². The highest BCUT2D eigenvalue weighted by atomic mass is 35.5. The fourth-order valence-electron chi connectivity index (χ4n) is 4.57. The summed E-state index contributed by atoms with van der Waals surface area (Å²) in [6, 6.07) is 36.4. The molecule has 0 unspecified atom stereocenters. The van der Waals surface area contributed by atoms with Gasteiger partial charge in [-0.25, -0.2) is 4.99 Å². The van der Waals surface area contributed by atoms with Gasteiger partial charge in [0.05, 0.1) is 11.4 Å². The molecule has 186 valence electrons. The van der Waals surface area contributed by atoms with E-state index in [-0.39, 0.29) is 12.4 Å². The zero-order chi connectivity index (χ0) is 25.1. The third-order valence-corrected chi connectivity index (χ3v) is 6.52. The standard InChI is InChI=1S/C33H31N3.ClH/c1-35(2)27-18-14-24(15-19-27)33(25-16-20-28(21-17-25)36(3)4)31-22-23-32(30-13-9-8-12-29(30)31)34-26-10-6-5-7-11-26;/h5-23H,1-4H3;1H. The quantitative estimate of drug-likeness (QED) is 0.274. The highest BCUT2D eigenvalue weighted by molar-refractivity contribution is 6.19. The van der Waals surface area contributed by atoms with Gasteiger partial charge in [0.15, 0.2) is 0 Å². The summed E-state index contributed by atoms with van der Waals surface area (Å²) in [4.78, 5) is 9.22. The first-order valence-corrected chi connectivity index (χ1v) is 12.2. The molecule has 0 aromatic heterocycles. The Kier molecular flexibility index (Phi) is 7.95. The summed E-state index contributed by atoms with van der Waals surface area (Å²) in [5.41, 5.74) is 11.4. The molecule has 0 heterocycles. The number of benzene rings is 4. The van der Waals surface area contributed by atoms with Crippen molar-refractivity contribution in [1.82, 2.24) is 0 Å². The SMILES string of the molecule is CN(C)c1ccc(C(=C2C=CC(=Nc3ccccc3)c3ccccc32)c2ccc(N(C)C)cc2)cc1.Cl. The van der Waals surface area contributed by atoms with E-state index in [1.807, 2.05) is 30.3 Å². The van der Waals surface area contributed by atoms with Crippen molar-refractivity contribution in [2.24, 2.45) is 4.99 Å². The maximum absolute atomic E-state index is 4.96. The van der Waals surface area contributed by atoms with Crippen LogP contribution in [-0.4, -0.2) is 33.9 Å². The van der Waals surface area contributed by atoms with E-state index in [2.05, 4.69) is 123 Å². The van der Waals surface area contributed by atoms with Gasteiger partial charge in [-0.1, -0.05) is 72.8 Å². The van der Waals surface area contributed by atoms with Crippen LogP contribution in [0.15, 0.2) is 120 Å². The Bertz CT molecular complexity index is 1390. The molecule has 37 heavy (non-hydrogen) atoms. The van der Waals surface area contributed by atoms with Crippen LogP contribution in [0.4, 0.5) is 17.1 Å². The van der Waals surface area contributed by atoms with Crippen molar-refractivity contribution < 1.29 is 0 Å². The second kappa shape index (κ2) is 11.3. The lowest BCUT2D eigenvalue weighted by Crippen LogP contribution is -2.10. The molecule has 0 atom stereocenters. The van der Waals surface area contributed by atoms with E-state index in [0.29, 0.717) is 0 Å². The maximum Gasteiger partial charge on any atom is 0.0715 e. The fraction of sp³-hybridized carbons (Fsp3) is 0.121. The van der Waals surface area contributed by atoms with Crippen molar-refractivity contribution in [3.05, 3.63) is 138 Å². The first kappa shape index (κ1) is 26.0. The zero-order valence-electron chi connectivity index (χ0n) is 21.7. The monoisotopic (exact) mass is 505 g/mol. The minimum Gasteiger partial charge on any atom is -0.378 e. The Balaban J connectivity index is 0.00000320. The van der Waals surface area contributed by atoms with Gasteiger partial charge in [-0.3, -0.25) is 0 Å². The highest BCUT2D eigenvalue weighted by Gasteiger charge is 2.20. The average Bonchev–Trinajstić information content (AvgIpc) is 2.91. The van der Waals surface area contributed by atoms with Crippen LogP contribution in [-0.2, 0) is 0 Å². The van der Waals surface area contributed by atoms with E-state index in [4.69, 9.17) is 4.99 Å². The van der Waals surface area contributed by atoms with E-state index in [1.165, 1.54) is 39.2 Å². The number of rotatable bonds is 5. The van der Waals surface area contributed by atoms with E-state index in [9.17, 15) is 0 Å². The molecule has 0 saturated carbocycles. The van der Waals surface area contributed by atoms with Gasteiger partial charge in [-0.2, -0.15) is 0 Å². The molecule has 4 aromatic rings. The van der Waals surface area contributed by atoms with Crippen LogP contribution in [0.3, 0.4) is 0 Å². The van der Waals surface area contributed by atoms with Crippen LogP contribution in [0, 0.1) is 0 Å². The van der Waals surface area contributed by atoms with Crippen LogP contribution in [0.2, 0.25) is 0 Å². The lowest BCUT2D eigenvalue weighted by atomic mass is 9.83. The van der Waals surface area contributed by atoms with E-state index in [0.717, 1.165) is 17.0 Å². The Morgan fingerprint density at radius 2 is 1.03 bits per heavy atom. The summed E-state index contributed by atoms with van der Waals surface area (Å²) in [5.74, 6) is 0. The lowest BCUT2D eigenvalue weighted by Gasteiger charge is -2.22. The molecule has 0 radical (unpaired) electrons. The molecule has 4 aromatic carbocycles. The summed E-state index contributed by atoms with van der Waals surface area (Å²) in [5, 5.41) is 0. The number of fused-ring (bicyclic) bond motifs is 1. The molecular formula is C33H32ClN3. The van der Waals surface area contributed by atoms with Crippen molar-refractivity contribution in [3.8, 4) is 0 Å². The molecule has 0 spiro atoms. The Morgan fingerprint density at radius 3 is 1.54 bits per heavy atom. The first-order valence-electron chi connectivity index (χ1n) is 12.2. The van der Waals surface area contributed by atoms with Gasteiger partial charge in [0.1, 0.15) is 0 Å². The van der Waals surface area contributed by atoms with Crippen molar-refractivity contribution in [3.63, 3.8) is 0 Å². The number of para-hydroxylation sites is 1. The minimum absolute atomic E-state index is 0. The number of hydrogen-bond acceptors (Lipinski definition) is 3. The number of hydrogen-bond donors (Lipinski definition) is 0. The number of allylic oxidation sites excluding steroid dienone is 3. The van der Waals surface area contributed by atoms with Crippen LogP contribution in [0.5, 0.6) is 0 Å². The van der Waals surface area contributed by atoms with Crippen molar-refractivity contribution in [2.45, 2.75) is 0 Å². The van der Waals surface area contributed by atoms with Crippen LogP contribution < -0.4 is 9.80 Å². The minimum atomic E-state index is 0. The van der Waals surface area contributed by atoms with Crippen LogP contribution >= 0.6 is 12.4 Å². The number of halogens is 1. The van der Waals surface area contributed by atoms with Crippen molar-refractivity contribution >= 4 is 46.3 Å². The third kappa shape index (κ3) is 5.52. The fourth-order valence-corrected chi connectivity index (χ4v) is 4.57. The number of aliphatic imine (C=N–C) groups is 1. The van der Waals surface area contributed by atoms with Gasteiger partial charge in [-0.15, -0.1) is 12.4 Å². The summed E-state index contributed by atoms with van der Waals surface area (Å²) < 4.78 is 0. The zero-order valence-corrected chi connectivity index (χ0v) is 22.5. The molecule has 5 rings (SSSR count). The number of anilines is 2. The van der Waals surface area contributed by atoms with E-state index in [1.54, 1.807) is 0 Å². The van der Waals surface area contributed by atoms with Crippen molar-refractivity contribution in [1.29, 1.82) is 0 Å². The second-order valence-electron chi connectivity index (χ2n) is 9.38. The van der Waals surface area contributed by atoms with Gasteiger partial charge in [0, 0.05) is 45.1 Å². The predicted octanol–water partition coefficient (Wildman–Crippen LogP) is 7.89. The molecule has 1 aliphatic carbocycles. The molecule has 1 aliphatic rings. The van der Waals surface area contributed by atoms with Crippen LogP contribution in [0.1, 0.15) is 22.3 Å². The number of nitrogens with zero attached hydrogens (tertiary/aromatic N) is 3. The molecule has 0 aliphatic heterocycles. The molecule has 4 heteroatoms. The lowest BCUT2D eigenvalue weighted by molar-refractivity contribution is 1.13. The molecule has 0 bridgehead atoms. The van der Waals surface area contributed by atoms with E-state index < -0.39 is 0 Å². The second-order valence-corrected chi connectivity index (χ2v) is 9.38. The molecule has 0 saturated heterocycles. The molecule has 0 N–H and O–H groups in total. The Hall–Kier alpha value is -4.08. The highest BCUT2D eigenvalue weighted by Crippen LogP contribution is 2.38. The van der Waals surface area contributed by atoms with Gasteiger partial charge < -0.3 is 9.80 Å². The summed E-state index contributed by atoms with van der Waals surface area (Å²) in [6.07, 6.45) is 4.37. The predicted molar refractivity (Wildman–Crippen MR) is 163 cm³/mol. The molecular weight excluding hydrogens is 474 g/mol. The third-order valence-electron chi connectivity index (χ3n) is 6.52. The maximum atomic E-state index is 4.96. The molecule has 0 amide bonds. The summed E-state index contributed by atoms with van der Waals surface area (Å²) >= 11 is 0.